The predicted octanol–water partition coefficient (Wildman–Crippen LogP) is 2.82. The average Bonchev–Trinajstić information content (AvgIpc) is 3.09. The fourth-order valence-electron chi connectivity index (χ4n) is 5.05. The number of hydrogen-bond donors (Lipinski definition) is 0. The van der Waals surface area contributed by atoms with E-state index in [-0.39, 0.29) is 0 Å². The molecule has 4 heterocycles. The first-order chi connectivity index (χ1) is 13.7. The Bertz CT molecular complexity index is 1040. The molecule has 3 aromatic rings. The summed E-state index contributed by atoms with van der Waals surface area (Å²) in [4.78, 5) is 9.64. The second kappa shape index (κ2) is 5.82. The molecule has 1 saturated carbocycles. The maximum Gasteiger partial charge on any atom is 0.223 e. The Morgan fingerprint density at radius 2 is 1.93 bits per heavy atom. The third kappa shape index (κ3) is 2.37. The minimum atomic E-state index is 0.539. The van der Waals surface area contributed by atoms with E-state index in [0.717, 1.165) is 34.8 Å². The first kappa shape index (κ1) is 16.1. The number of nitrogens with zero attached hydrogens (tertiary/aromatic N) is 5. The molecule has 6 rings (SSSR count). The van der Waals surface area contributed by atoms with Crippen LogP contribution in [0.2, 0.25) is 0 Å². The molecular formula is C22H23N5O. The highest BCUT2D eigenvalue weighted by Crippen LogP contribution is 2.49. The molecule has 1 aromatic carbocycles. The van der Waals surface area contributed by atoms with Gasteiger partial charge in [0.15, 0.2) is 0 Å². The highest BCUT2D eigenvalue weighted by molar-refractivity contribution is 5.75. The Kier molecular flexibility index (Phi) is 3.35. The molecule has 0 spiro atoms. The van der Waals surface area contributed by atoms with Gasteiger partial charge in [0.05, 0.1) is 5.69 Å². The zero-order valence-electron chi connectivity index (χ0n) is 16.1. The zero-order valence-corrected chi connectivity index (χ0v) is 16.1. The summed E-state index contributed by atoms with van der Waals surface area (Å²) in [6.45, 7) is 2.94. The first-order valence-corrected chi connectivity index (χ1v) is 9.87. The van der Waals surface area contributed by atoms with E-state index >= 15 is 0 Å². The lowest BCUT2D eigenvalue weighted by atomic mass is 9.98. The summed E-state index contributed by atoms with van der Waals surface area (Å²) in [5.41, 5.74) is 4.48. The summed E-state index contributed by atoms with van der Waals surface area (Å²) in [5, 5.41) is 4.32. The number of fused-ring (bicyclic) bond motifs is 4. The monoisotopic (exact) mass is 373 g/mol. The highest BCUT2D eigenvalue weighted by Gasteiger charge is 2.57. The van der Waals surface area contributed by atoms with E-state index in [1.54, 1.807) is 6.20 Å². The van der Waals surface area contributed by atoms with E-state index in [1.807, 2.05) is 16.9 Å². The molecule has 2 fully saturated rings. The molecule has 0 radical (unpaired) electrons. The Hall–Kier alpha value is -2.86. The molecule has 2 atom stereocenters. The van der Waals surface area contributed by atoms with Crippen LogP contribution in [0.5, 0.6) is 5.88 Å². The van der Waals surface area contributed by atoms with E-state index < -0.39 is 0 Å². The summed E-state index contributed by atoms with van der Waals surface area (Å²) >= 11 is 0. The first-order valence-electron chi connectivity index (χ1n) is 9.87. The number of aromatic nitrogens is 3. The predicted molar refractivity (Wildman–Crippen MR) is 108 cm³/mol. The van der Waals surface area contributed by atoms with Gasteiger partial charge < -0.3 is 14.5 Å². The number of likely N-dealkylation sites (tertiary alicyclic amines) is 1. The van der Waals surface area contributed by atoms with Gasteiger partial charge in [0.25, 0.3) is 0 Å². The summed E-state index contributed by atoms with van der Waals surface area (Å²) in [6.07, 6.45) is 3.74. The van der Waals surface area contributed by atoms with Crippen molar-refractivity contribution in [2.45, 2.75) is 12.6 Å². The van der Waals surface area contributed by atoms with Crippen LogP contribution in [0.15, 0.2) is 48.8 Å². The number of hydrogen-bond acceptors (Lipinski definition) is 5. The molecule has 1 saturated heterocycles. The Balaban J connectivity index is 1.29. The average molecular weight is 373 g/mol. The number of pyridine rings is 1. The van der Waals surface area contributed by atoms with Crippen LogP contribution in [0.1, 0.15) is 5.56 Å². The van der Waals surface area contributed by atoms with E-state index in [1.165, 1.54) is 24.2 Å². The van der Waals surface area contributed by atoms with Gasteiger partial charge in [-0.1, -0.05) is 6.07 Å². The molecule has 0 amide bonds. The Labute approximate surface area is 164 Å². The van der Waals surface area contributed by atoms with Crippen LogP contribution in [0.4, 0.5) is 5.82 Å². The van der Waals surface area contributed by atoms with Crippen molar-refractivity contribution >= 4 is 5.82 Å². The minimum Gasteiger partial charge on any atom is -0.472 e. The molecule has 0 bridgehead atoms. The molecule has 2 unspecified atom stereocenters. The molecule has 1 aliphatic carbocycles. The molecular weight excluding hydrogens is 350 g/mol. The Morgan fingerprint density at radius 3 is 2.71 bits per heavy atom. The second-order valence-corrected chi connectivity index (χ2v) is 8.25. The molecule has 6 nitrogen and oxygen atoms in total. The lowest BCUT2D eigenvalue weighted by molar-refractivity contribution is 0.290. The van der Waals surface area contributed by atoms with Crippen molar-refractivity contribution in [3.8, 4) is 22.7 Å². The maximum atomic E-state index is 6.05. The van der Waals surface area contributed by atoms with Crippen LogP contribution in [0.25, 0.3) is 16.8 Å². The summed E-state index contributed by atoms with van der Waals surface area (Å²) in [6, 6.07) is 13.2. The summed E-state index contributed by atoms with van der Waals surface area (Å²) < 4.78 is 7.92. The summed E-state index contributed by atoms with van der Waals surface area (Å²) in [5.74, 6) is 3.33. The number of anilines is 1. The number of benzene rings is 1. The Morgan fingerprint density at radius 1 is 1.11 bits per heavy atom. The van der Waals surface area contributed by atoms with E-state index in [4.69, 9.17) is 9.72 Å². The van der Waals surface area contributed by atoms with Crippen molar-refractivity contribution in [3.63, 3.8) is 0 Å². The van der Waals surface area contributed by atoms with Gasteiger partial charge in [0.1, 0.15) is 12.4 Å². The zero-order chi connectivity index (χ0) is 18.8. The smallest absolute Gasteiger partial charge is 0.223 e. The minimum absolute atomic E-state index is 0.539. The van der Waals surface area contributed by atoms with E-state index in [9.17, 15) is 0 Å². The van der Waals surface area contributed by atoms with Crippen LogP contribution in [0.3, 0.4) is 0 Å². The standard InChI is InChI=1S/C22H23N5O/c1-25-11-18-19(12-25)21(18)26(2)20-7-6-17-16-5-4-15(27-9-3-8-23-27)10-14(16)13-28-22(17)24-20/h3-10,18-19,21H,11-13H2,1-2H3. The van der Waals surface area contributed by atoms with Crippen molar-refractivity contribution in [2.24, 2.45) is 11.8 Å². The van der Waals surface area contributed by atoms with Gasteiger partial charge in [-0.3, -0.25) is 0 Å². The molecule has 0 N–H and O–H groups in total. The topological polar surface area (TPSA) is 46.4 Å². The third-order valence-corrected chi connectivity index (χ3v) is 6.50. The largest absolute Gasteiger partial charge is 0.472 e. The molecule has 3 aliphatic rings. The molecule has 28 heavy (non-hydrogen) atoms. The quantitative estimate of drug-likeness (QED) is 0.707. The van der Waals surface area contributed by atoms with Crippen molar-refractivity contribution in [1.82, 2.24) is 19.7 Å². The van der Waals surface area contributed by atoms with E-state index in [2.05, 4.69) is 59.3 Å². The van der Waals surface area contributed by atoms with Gasteiger partial charge in [0, 0.05) is 44.1 Å². The van der Waals surface area contributed by atoms with Crippen LogP contribution >= 0.6 is 0 Å². The van der Waals surface area contributed by atoms with Crippen molar-refractivity contribution in [3.05, 3.63) is 54.4 Å². The number of piperidine rings is 1. The molecule has 2 aromatic heterocycles. The highest BCUT2D eigenvalue weighted by atomic mass is 16.5. The van der Waals surface area contributed by atoms with Gasteiger partial charge in [-0.15, -0.1) is 0 Å². The normalized spacial score (nSPS) is 24.9. The van der Waals surface area contributed by atoms with E-state index in [0.29, 0.717) is 12.6 Å². The van der Waals surface area contributed by atoms with Crippen molar-refractivity contribution < 1.29 is 4.74 Å². The van der Waals surface area contributed by atoms with Crippen molar-refractivity contribution in [1.29, 1.82) is 0 Å². The third-order valence-electron chi connectivity index (χ3n) is 6.50. The van der Waals surface area contributed by atoms with Gasteiger partial charge >= 0.3 is 0 Å². The fourth-order valence-corrected chi connectivity index (χ4v) is 5.05. The SMILES string of the molecule is CN1CC2C(C1)C2N(C)c1ccc2c(n1)OCc1cc(-n3cccn3)ccc1-2. The molecule has 142 valence electrons. The molecule has 2 aliphatic heterocycles. The lowest BCUT2D eigenvalue weighted by Crippen LogP contribution is -2.31. The van der Waals surface area contributed by atoms with Gasteiger partial charge in [0.2, 0.25) is 5.88 Å². The van der Waals surface area contributed by atoms with Crippen LogP contribution in [-0.4, -0.2) is 52.9 Å². The van der Waals surface area contributed by atoms with Crippen molar-refractivity contribution in [2.75, 3.05) is 32.1 Å². The van der Waals surface area contributed by atoms with Crippen LogP contribution in [-0.2, 0) is 6.61 Å². The maximum absolute atomic E-state index is 6.05. The van der Waals surface area contributed by atoms with Crippen LogP contribution < -0.4 is 9.64 Å². The lowest BCUT2D eigenvalue weighted by Gasteiger charge is -2.26. The second-order valence-electron chi connectivity index (χ2n) is 8.25. The van der Waals surface area contributed by atoms with Gasteiger partial charge in [-0.25, -0.2) is 4.68 Å². The van der Waals surface area contributed by atoms with Crippen LogP contribution in [0, 0.1) is 11.8 Å². The molecule has 6 heteroatoms. The number of ether oxygens (including phenoxy) is 1. The fraction of sp³-hybridized carbons (Fsp3) is 0.364. The number of rotatable bonds is 3. The summed E-state index contributed by atoms with van der Waals surface area (Å²) in [7, 11) is 4.38. The van der Waals surface area contributed by atoms with Gasteiger partial charge in [-0.2, -0.15) is 10.1 Å². The van der Waals surface area contributed by atoms with Gasteiger partial charge in [-0.05, 0) is 60.3 Å².